The Hall–Kier alpha value is -2.83. The second kappa shape index (κ2) is 6.40. The number of oxazole rings is 1. The number of nitrogens with one attached hydrogen (secondary N) is 1. The number of hydrogen-bond acceptors (Lipinski definition) is 5. The predicted octanol–water partition coefficient (Wildman–Crippen LogP) is 3.00. The number of anilines is 1. The molecule has 2 aliphatic heterocycles. The fraction of sp³-hybridized carbons (Fsp3) is 0.450. The lowest BCUT2D eigenvalue weighted by molar-refractivity contribution is 0.0779. The van der Waals surface area contributed by atoms with E-state index in [2.05, 4.69) is 19.9 Å². The van der Waals surface area contributed by atoms with Gasteiger partial charge in [0.25, 0.3) is 11.9 Å². The molecule has 0 unspecified atom stereocenters. The summed E-state index contributed by atoms with van der Waals surface area (Å²) in [6, 6.07) is 6.61. The lowest BCUT2D eigenvalue weighted by atomic mass is 10.1. The van der Waals surface area contributed by atoms with Crippen LogP contribution in [0.2, 0.25) is 0 Å². The molecule has 5 rings (SSSR count). The van der Waals surface area contributed by atoms with E-state index in [1.807, 2.05) is 30.0 Å². The van der Waals surface area contributed by atoms with Crippen molar-refractivity contribution in [2.45, 2.75) is 45.2 Å². The van der Waals surface area contributed by atoms with Crippen LogP contribution >= 0.6 is 0 Å². The standard InChI is InChI=1S/C20H23N5O2/c1-13-5-4-6-15-18(13)27-20(23-15)22-14-8-10-24(12-14)19(26)16-11-21-17-7-2-3-9-25(16)17/h4-6,11,14H,2-3,7-10,12H2,1H3,(H,22,23)/t14-/m1/s1. The van der Waals surface area contributed by atoms with Crippen molar-refractivity contribution in [3.8, 4) is 0 Å². The third kappa shape index (κ3) is 2.87. The third-order valence-corrected chi connectivity index (χ3v) is 5.60. The molecule has 2 aromatic heterocycles. The van der Waals surface area contributed by atoms with Gasteiger partial charge in [0.1, 0.15) is 17.0 Å². The van der Waals surface area contributed by atoms with Gasteiger partial charge in [-0.05, 0) is 37.8 Å². The van der Waals surface area contributed by atoms with Crippen molar-refractivity contribution in [2.75, 3.05) is 18.4 Å². The first-order valence-electron chi connectivity index (χ1n) is 9.65. The summed E-state index contributed by atoms with van der Waals surface area (Å²) in [4.78, 5) is 23.8. The van der Waals surface area contributed by atoms with Crippen LogP contribution in [0, 0.1) is 6.92 Å². The zero-order valence-corrected chi connectivity index (χ0v) is 15.4. The van der Waals surface area contributed by atoms with Gasteiger partial charge in [-0.1, -0.05) is 12.1 Å². The summed E-state index contributed by atoms with van der Waals surface area (Å²) in [7, 11) is 0. The van der Waals surface area contributed by atoms with Crippen LogP contribution in [0.1, 0.15) is 41.1 Å². The maximum atomic E-state index is 13.0. The van der Waals surface area contributed by atoms with E-state index in [1.54, 1.807) is 6.20 Å². The van der Waals surface area contributed by atoms with Crippen molar-refractivity contribution < 1.29 is 9.21 Å². The molecule has 1 atom stereocenters. The van der Waals surface area contributed by atoms with E-state index in [9.17, 15) is 4.79 Å². The number of carbonyl (C=O) groups is 1. The molecule has 0 aliphatic carbocycles. The molecule has 1 amide bonds. The van der Waals surface area contributed by atoms with Crippen LogP contribution in [0.25, 0.3) is 11.1 Å². The highest BCUT2D eigenvalue weighted by atomic mass is 16.4. The van der Waals surface area contributed by atoms with E-state index in [4.69, 9.17) is 4.42 Å². The summed E-state index contributed by atoms with van der Waals surface area (Å²) in [6.45, 7) is 4.29. The quantitative estimate of drug-likeness (QED) is 0.772. The van der Waals surface area contributed by atoms with Gasteiger partial charge in [0.15, 0.2) is 5.58 Å². The van der Waals surface area contributed by atoms with E-state index < -0.39 is 0 Å². The molecular formula is C20H23N5O2. The molecule has 27 heavy (non-hydrogen) atoms. The van der Waals surface area contributed by atoms with Gasteiger partial charge in [-0.15, -0.1) is 0 Å². The van der Waals surface area contributed by atoms with E-state index in [-0.39, 0.29) is 11.9 Å². The maximum absolute atomic E-state index is 13.0. The highest BCUT2D eigenvalue weighted by molar-refractivity contribution is 5.92. The van der Waals surface area contributed by atoms with Crippen LogP contribution in [0.3, 0.4) is 0 Å². The fourth-order valence-electron chi connectivity index (χ4n) is 4.13. The largest absolute Gasteiger partial charge is 0.423 e. The summed E-state index contributed by atoms with van der Waals surface area (Å²) in [5.41, 5.74) is 3.47. The Bertz CT molecular complexity index is 1010. The molecule has 0 radical (unpaired) electrons. The number of nitrogens with zero attached hydrogens (tertiary/aromatic N) is 4. The molecule has 1 saturated heterocycles. The number of likely N-dealkylation sites (tertiary alicyclic amines) is 1. The molecule has 1 aromatic carbocycles. The molecule has 0 saturated carbocycles. The molecule has 2 aliphatic rings. The van der Waals surface area contributed by atoms with Crippen LogP contribution in [0.5, 0.6) is 0 Å². The number of hydrogen-bond donors (Lipinski definition) is 1. The predicted molar refractivity (Wildman–Crippen MR) is 102 cm³/mol. The molecule has 0 bridgehead atoms. The highest BCUT2D eigenvalue weighted by Crippen LogP contribution is 2.25. The Kier molecular flexibility index (Phi) is 3.88. The molecular weight excluding hydrogens is 342 g/mol. The average molecular weight is 365 g/mol. The van der Waals surface area contributed by atoms with Gasteiger partial charge >= 0.3 is 0 Å². The molecule has 7 nitrogen and oxygen atoms in total. The normalized spacial score (nSPS) is 19.4. The average Bonchev–Trinajstić information content (AvgIpc) is 3.39. The number of para-hydroxylation sites is 1. The number of rotatable bonds is 3. The Morgan fingerprint density at radius 2 is 2.22 bits per heavy atom. The van der Waals surface area contributed by atoms with Gasteiger partial charge < -0.3 is 19.2 Å². The van der Waals surface area contributed by atoms with Crippen molar-refractivity contribution >= 4 is 23.0 Å². The van der Waals surface area contributed by atoms with Crippen molar-refractivity contribution in [3.63, 3.8) is 0 Å². The summed E-state index contributed by atoms with van der Waals surface area (Å²) in [5, 5.41) is 3.36. The van der Waals surface area contributed by atoms with E-state index in [1.165, 1.54) is 0 Å². The maximum Gasteiger partial charge on any atom is 0.295 e. The van der Waals surface area contributed by atoms with Crippen molar-refractivity contribution in [2.24, 2.45) is 0 Å². The third-order valence-electron chi connectivity index (χ3n) is 5.60. The SMILES string of the molecule is Cc1cccc2nc(N[C@@H]3CCN(C(=O)c4cnc5n4CCCC5)C3)oc12. The molecule has 1 N–H and O–H groups in total. The Morgan fingerprint density at radius 3 is 3.11 bits per heavy atom. The summed E-state index contributed by atoms with van der Waals surface area (Å²) in [6.07, 6.45) is 5.86. The molecule has 3 aromatic rings. The van der Waals surface area contributed by atoms with Crippen LogP contribution in [0.15, 0.2) is 28.8 Å². The zero-order valence-electron chi connectivity index (χ0n) is 15.4. The first-order chi connectivity index (χ1) is 13.2. The highest BCUT2D eigenvalue weighted by Gasteiger charge is 2.30. The molecule has 4 heterocycles. The van der Waals surface area contributed by atoms with Gasteiger partial charge in [0.05, 0.1) is 6.20 Å². The smallest absolute Gasteiger partial charge is 0.295 e. The van der Waals surface area contributed by atoms with Gasteiger partial charge in [-0.2, -0.15) is 4.98 Å². The van der Waals surface area contributed by atoms with Crippen LogP contribution in [0.4, 0.5) is 6.01 Å². The summed E-state index contributed by atoms with van der Waals surface area (Å²) in [5.74, 6) is 1.12. The second-order valence-corrected chi connectivity index (χ2v) is 7.49. The second-order valence-electron chi connectivity index (χ2n) is 7.49. The van der Waals surface area contributed by atoms with Gasteiger partial charge in [0, 0.05) is 32.1 Å². The first kappa shape index (κ1) is 16.4. The minimum atomic E-state index is 0.0772. The van der Waals surface area contributed by atoms with E-state index in [0.717, 1.165) is 67.0 Å². The van der Waals surface area contributed by atoms with Crippen LogP contribution in [-0.2, 0) is 13.0 Å². The lowest BCUT2D eigenvalue weighted by Crippen LogP contribution is -2.33. The molecule has 140 valence electrons. The summed E-state index contributed by atoms with van der Waals surface area (Å²) >= 11 is 0. The minimum absolute atomic E-state index is 0.0772. The van der Waals surface area contributed by atoms with Crippen molar-refractivity contribution in [1.29, 1.82) is 0 Å². The first-order valence-corrected chi connectivity index (χ1v) is 9.65. The van der Waals surface area contributed by atoms with Crippen molar-refractivity contribution in [1.82, 2.24) is 19.4 Å². The van der Waals surface area contributed by atoms with Gasteiger partial charge in [0.2, 0.25) is 0 Å². The number of aryl methyl sites for hydroxylation is 2. The number of fused-ring (bicyclic) bond motifs is 2. The zero-order chi connectivity index (χ0) is 18.4. The Balaban J connectivity index is 1.29. The topological polar surface area (TPSA) is 76.2 Å². The molecule has 0 spiro atoms. The Labute approximate surface area is 157 Å². The lowest BCUT2D eigenvalue weighted by Gasteiger charge is -2.20. The fourth-order valence-corrected chi connectivity index (χ4v) is 4.13. The minimum Gasteiger partial charge on any atom is -0.423 e. The number of aromatic nitrogens is 3. The molecule has 1 fully saturated rings. The summed E-state index contributed by atoms with van der Waals surface area (Å²) < 4.78 is 7.96. The van der Waals surface area contributed by atoms with Crippen LogP contribution < -0.4 is 5.32 Å². The number of carbonyl (C=O) groups excluding carboxylic acids is 1. The number of imidazole rings is 1. The monoisotopic (exact) mass is 365 g/mol. The number of benzene rings is 1. The van der Waals surface area contributed by atoms with E-state index >= 15 is 0 Å². The van der Waals surface area contributed by atoms with Crippen molar-refractivity contribution in [3.05, 3.63) is 41.5 Å². The van der Waals surface area contributed by atoms with Gasteiger partial charge in [-0.3, -0.25) is 4.79 Å². The number of amides is 1. The van der Waals surface area contributed by atoms with Crippen LogP contribution in [-0.4, -0.2) is 44.5 Å². The molecule has 7 heteroatoms. The van der Waals surface area contributed by atoms with Gasteiger partial charge in [-0.25, -0.2) is 4.98 Å². The Morgan fingerprint density at radius 1 is 1.30 bits per heavy atom. The van der Waals surface area contributed by atoms with E-state index in [0.29, 0.717) is 12.6 Å².